The highest BCUT2D eigenvalue weighted by molar-refractivity contribution is 5.43. The van der Waals surface area contributed by atoms with E-state index in [4.69, 9.17) is 0 Å². The first-order valence-corrected chi connectivity index (χ1v) is 5.17. The Kier molecular flexibility index (Phi) is 3.13. The Hall–Kier alpha value is -0.520. The maximum absolute atomic E-state index is 2.44. The second-order valence-electron chi connectivity index (χ2n) is 3.55. The lowest BCUT2D eigenvalue weighted by molar-refractivity contribution is 0.812. The van der Waals surface area contributed by atoms with E-state index in [9.17, 15) is 0 Å². The SMILES string of the molecule is CCC1=CC(C)C(CC)=C1CC. The molecule has 1 aliphatic carbocycles. The van der Waals surface area contributed by atoms with Gasteiger partial charge in [-0.25, -0.2) is 0 Å². The molecule has 68 valence electrons. The highest BCUT2D eigenvalue weighted by Gasteiger charge is 2.18. The third-order valence-corrected chi connectivity index (χ3v) is 2.89. The van der Waals surface area contributed by atoms with Crippen LogP contribution in [0.5, 0.6) is 0 Å². The van der Waals surface area contributed by atoms with E-state index in [1.807, 2.05) is 0 Å². The van der Waals surface area contributed by atoms with E-state index in [0.29, 0.717) is 5.92 Å². The van der Waals surface area contributed by atoms with Crippen LogP contribution in [-0.2, 0) is 0 Å². The van der Waals surface area contributed by atoms with E-state index >= 15 is 0 Å². The van der Waals surface area contributed by atoms with Crippen molar-refractivity contribution in [1.29, 1.82) is 0 Å². The van der Waals surface area contributed by atoms with Crippen LogP contribution in [0.15, 0.2) is 22.8 Å². The first kappa shape index (κ1) is 9.57. The Morgan fingerprint density at radius 2 is 1.75 bits per heavy atom. The molecule has 0 fully saturated rings. The zero-order chi connectivity index (χ0) is 9.14. The van der Waals surface area contributed by atoms with Crippen molar-refractivity contribution < 1.29 is 0 Å². The lowest BCUT2D eigenvalue weighted by Gasteiger charge is -2.08. The Morgan fingerprint density at radius 1 is 1.08 bits per heavy atom. The van der Waals surface area contributed by atoms with E-state index in [0.717, 1.165) is 0 Å². The average molecular weight is 164 g/mol. The van der Waals surface area contributed by atoms with Crippen LogP contribution in [0, 0.1) is 5.92 Å². The largest absolute Gasteiger partial charge is 0.0741 e. The van der Waals surface area contributed by atoms with Gasteiger partial charge in [-0.05, 0) is 36.3 Å². The minimum atomic E-state index is 0.708. The zero-order valence-electron chi connectivity index (χ0n) is 8.78. The molecule has 12 heavy (non-hydrogen) atoms. The molecule has 0 spiro atoms. The van der Waals surface area contributed by atoms with Crippen LogP contribution in [0.25, 0.3) is 0 Å². The van der Waals surface area contributed by atoms with Gasteiger partial charge in [-0.1, -0.05) is 39.3 Å². The van der Waals surface area contributed by atoms with Crippen LogP contribution >= 0.6 is 0 Å². The molecule has 0 saturated heterocycles. The van der Waals surface area contributed by atoms with Crippen LogP contribution in [0.1, 0.15) is 47.0 Å². The molecule has 1 aliphatic rings. The molecule has 0 aromatic heterocycles. The summed E-state index contributed by atoms with van der Waals surface area (Å²) in [5, 5.41) is 0. The Morgan fingerprint density at radius 3 is 2.17 bits per heavy atom. The minimum Gasteiger partial charge on any atom is -0.0741 e. The predicted octanol–water partition coefficient (Wildman–Crippen LogP) is 4.09. The standard InChI is InChI=1S/C12H20/c1-5-10-8-9(4)11(6-2)12(10)7-3/h8-9H,5-7H2,1-4H3. The molecule has 0 bridgehead atoms. The predicted molar refractivity (Wildman–Crippen MR) is 55.1 cm³/mol. The molecule has 1 unspecified atom stereocenters. The van der Waals surface area contributed by atoms with E-state index in [-0.39, 0.29) is 0 Å². The topological polar surface area (TPSA) is 0 Å². The van der Waals surface area contributed by atoms with Gasteiger partial charge in [0.1, 0.15) is 0 Å². The summed E-state index contributed by atoms with van der Waals surface area (Å²) in [7, 11) is 0. The fourth-order valence-electron chi connectivity index (χ4n) is 2.30. The summed E-state index contributed by atoms with van der Waals surface area (Å²) in [6.45, 7) is 9.12. The Balaban J connectivity index is 2.94. The number of rotatable bonds is 3. The molecule has 1 atom stereocenters. The van der Waals surface area contributed by atoms with Crippen LogP contribution in [0.2, 0.25) is 0 Å². The average Bonchev–Trinajstić information content (AvgIpc) is 2.40. The molecule has 0 aliphatic heterocycles. The van der Waals surface area contributed by atoms with Crippen molar-refractivity contribution in [1.82, 2.24) is 0 Å². The molecule has 0 aromatic carbocycles. The third-order valence-electron chi connectivity index (χ3n) is 2.89. The van der Waals surface area contributed by atoms with Gasteiger partial charge >= 0.3 is 0 Å². The van der Waals surface area contributed by atoms with Crippen molar-refractivity contribution in [3.63, 3.8) is 0 Å². The van der Waals surface area contributed by atoms with Gasteiger partial charge in [0.15, 0.2) is 0 Å². The lowest BCUT2D eigenvalue weighted by atomic mass is 9.97. The molecule has 0 nitrogen and oxygen atoms in total. The summed E-state index contributed by atoms with van der Waals surface area (Å²) in [5.74, 6) is 0.708. The van der Waals surface area contributed by atoms with Gasteiger partial charge in [0.05, 0.1) is 0 Å². The quantitative estimate of drug-likeness (QED) is 0.589. The van der Waals surface area contributed by atoms with Crippen molar-refractivity contribution in [2.75, 3.05) is 0 Å². The summed E-state index contributed by atoms with van der Waals surface area (Å²) >= 11 is 0. The van der Waals surface area contributed by atoms with E-state index in [1.165, 1.54) is 19.3 Å². The van der Waals surface area contributed by atoms with Crippen molar-refractivity contribution in [2.24, 2.45) is 5.92 Å². The van der Waals surface area contributed by atoms with E-state index in [1.54, 1.807) is 16.7 Å². The maximum Gasteiger partial charge on any atom is -0.00399 e. The first-order chi connectivity index (χ1) is 5.74. The summed E-state index contributed by atoms with van der Waals surface area (Å²) in [5.41, 5.74) is 4.92. The Labute approximate surface area is 76.4 Å². The van der Waals surface area contributed by atoms with Gasteiger partial charge in [-0.3, -0.25) is 0 Å². The van der Waals surface area contributed by atoms with Gasteiger partial charge in [0, 0.05) is 0 Å². The lowest BCUT2D eigenvalue weighted by Crippen LogP contribution is -1.92. The molecular formula is C12H20. The number of hydrogen-bond acceptors (Lipinski definition) is 0. The second-order valence-corrected chi connectivity index (χ2v) is 3.55. The molecule has 0 aromatic rings. The molecule has 1 rings (SSSR count). The van der Waals surface area contributed by atoms with Crippen LogP contribution < -0.4 is 0 Å². The molecule has 0 heterocycles. The van der Waals surface area contributed by atoms with Crippen LogP contribution in [0.4, 0.5) is 0 Å². The van der Waals surface area contributed by atoms with E-state index < -0.39 is 0 Å². The van der Waals surface area contributed by atoms with Crippen molar-refractivity contribution in [3.05, 3.63) is 22.8 Å². The highest BCUT2D eigenvalue weighted by Crippen LogP contribution is 2.35. The molecule has 0 N–H and O–H groups in total. The van der Waals surface area contributed by atoms with E-state index in [2.05, 4.69) is 33.8 Å². The van der Waals surface area contributed by atoms with Crippen molar-refractivity contribution in [3.8, 4) is 0 Å². The molecule has 0 amide bonds. The zero-order valence-corrected chi connectivity index (χ0v) is 8.78. The van der Waals surface area contributed by atoms with Crippen LogP contribution in [-0.4, -0.2) is 0 Å². The van der Waals surface area contributed by atoms with Crippen molar-refractivity contribution in [2.45, 2.75) is 47.0 Å². The molecule has 0 radical (unpaired) electrons. The molecule has 0 heteroatoms. The number of allylic oxidation sites excluding steroid dienone is 4. The third kappa shape index (κ3) is 1.48. The Bertz CT molecular complexity index is 218. The number of hydrogen-bond donors (Lipinski definition) is 0. The van der Waals surface area contributed by atoms with Gasteiger partial charge < -0.3 is 0 Å². The molecular weight excluding hydrogens is 144 g/mol. The highest BCUT2D eigenvalue weighted by atomic mass is 14.2. The van der Waals surface area contributed by atoms with Crippen LogP contribution in [0.3, 0.4) is 0 Å². The van der Waals surface area contributed by atoms with Crippen molar-refractivity contribution >= 4 is 0 Å². The minimum absolute atomic E-state index is 0.708. The molecule has 0 saturated carbocycles. The van der Waals surface area contributed by atoms with Gasteiger partial charge in [-0.2, -0.15) is 0 Å². The fraction of sp³-hybridized carbons (Fsp3) is 0.667. The fourth-order valence-corrected chi connectivity index (χ4v) is 2.30. The first-order valence-electron chi connectivity index (χ1n) is 5.17. The monoisotopic (exact) mass is 164 g/mol. The smallest absolute Gasteiger partial charge is 0.00399 e. The summed E-state index contributed by atoms with van der Waals surface area (Å²) in [6, 6.07) is 0. The summed E-state index contributed by atoms with van der Waals surface area (Å²) in [6.07, 6.45) is 6.09. The maximum atomic E-state index is 2.44. The van der Waals surface area contributed by atoms with Gasteiger partial charge in [0.25, 0.3) is 0 Å². The van der Waals surface area contributed by atoms with Gasteiger partial charge in [0.2, 0.25) is 0 Å². The normalized spacial score (nSPS) is 23.3. The second kappa shape index (κ2) is 3.93. The van der Waals surface area contributed by atoms with Gasteiger partial charge in [-0.15, -0.1) is 0 Å². The summed E-state index contributed by atoms with van der Waals surface area (Å²) < 4.78 is 0. The summed E-state index contributed by atoms with van der Waals surface area (Å²) in [4.78, 5) is 0.